The van der Waals surface area contributed by atoms with Crippen LogP contribution in [0.4, 0.5) is 0 Å². The summed E-state index contributed by atoms with van der Waals surface area (Å²) >= 11 is 9.16. The topological polar surface area (TPSA) is 66.1 Å². The minimum absolute atomic E-state index is 0.175. The third-order valence-corrected chi connectivity index (χ3v) is 6.60. The zero-order chi connectivity index (χ0) is 20.4. The van der Waals surface area contributed by atoms with E-state index in [1.165, 1.54) is 22.3 Å². The van der Waals surface area contributed by atoms with Gasteiger partial charge in [-0.2, -0.15) is 0 Å². The van der Waals surface area contributed by atoms with Gasteiger partial charge in [0.05, 0.1) is 12.1 Å². The van der Waals surface area contributed by atoms with E-state index in [-0.39, 0.29) is 18.0 Å². The number of hydrogen-bond donors (Lipinski definition) is 1. The van der Waals surface area contributed by atoms with Crippen LogP contribution in [-0.2, 0) is 11.3 Å². The lowest BCUT2D eigenvalue weighted by Crippen LogP contribution is -2.26. The molecule has 3 aromatic heterocycles. The lowest BCUT2D eigenvalue weighted by atomic mass is 10.2. The molecule has 0 unspecified atom stereocenters. The summed E-state index contributed by atoms with van der Waals surface area (Å²) < 4.78 is 0.592. The van der Waals surface area contributed by atoms with E-state index in [4.69, 9.17) is 11.6 Å². The Balaban J connectivity index is 1.45. The molecule has 29 heavy (non-hydrogen) atoms. The number of fused-ring (bicyclic) bond motifs is 1. The summed E-state index contributed by atoms with van der Waals surface area (Å²) in [5.74, 6) is 0.285. The van der Waals surface area contributed by atoms with Crippen LogP contribution in [0.1, 0.15) is 10.7 Å². The molecule has 1 N–H and O–H groups in total. The second-order valence-corrected chi connectivity index (χ2v) is 8.80. The van der Waals surface area contributed by atoms with E-state index in [9.17, 15) is 9.59 Å². The molecule has 146 valence electrons. The summed E-state index contributed by atoms with van der Waals surface area (Å²) in [6.45, 7) is 0.222. The first-order valence-electron chi connectivity index (χ1n) is 8.75. The van der Waals surface area contributed by atoms with Crippen LogP contribution in [0.15, 0.2) is 58.7 Å². The fourth-order valence-corrected chi connectivity index (χ4v) is 4.80. The second-order valence-electron chi connectivity index (χ2n) is 6.36. The maximum absolute atomic E-state index is 12.5. The van der Waals surface area contributed by atoms with E-state index < -0.39 is 0 Å². The predicted molar refractivity (Wildman–Crippen MR) is 121 cm³/mol. The van der Waals surface area contributed by atoms with E-state index in [2.05, 4.69) is 9.97 Å². The summed E-state index contributed by atoms with van der Waals surface area (Å²) in [7, 11) is 1.67. The van der Waals surface area contributed by atoms with Crippen molar-refractivity contribution < 1.29 is 4.79 Å². The molecular formula is C21H16ClN3O2S2. The van der Waals surface area contributed by atoms with Crippen molar-refractivity contribution in [3.63, 3.8) is 0 Å². The predicted octanol–water partition coefficient (Wildman–Crippen LogP) is 5.04. The molecule has 5 nitrogen and oxygen atoms in total. The number of nitrogens with zero attached hydrogens (tertiary/aromatic N) is 2. The molecular weight excluding hydrogens is 426 g/mol. The Morgan fingerprint density at radius 1 is 1.24 bits per heavy atom. The average molecular weight is 442 g/mol. The smallest absolute Gasteiger partial charge is 0.268 e. The summed E-state index contributed by atoms with van der Waals surface area (Å²) in [5.41, 5.74) is 1.44. The number of carbonyl (C=O) groups is 1. The lowest BCUT2D eigenvalue weighted by molar-refractivity contribution is -0.125. The SMILES string of the molecule is CN(Cc1nc2ccsc2c(=O)[nH]1)C(=O)C=Cc1ccc(-c2ccccc2Cl)s1. The van der Waals surface area contributed by atoms with E-state index in [0.717, 1.165) is 15.3 Å². The van der Waals surface area contributed by atoms with Gasteiger partial charge in [-0.15, -0.1) is 22.7 Å². The molecule has 4 aromatic rings. The number of rotatable bonds is 5. The largest absolute Gasteiger partial charge is 0.335 e. The highest BCUT2D eigenvalue weighted by atomic mass is 35.5. The van der Waals surface area contributed by atoms with Crippen molar-refractivity contribution in [3.05, 3.63) is 80.0 Å². The van der Waals surface area contributed by atoms with Gasteiger partial charge in [-0.1, -0.05) is 29.8 Å². The van der Waals surface area contributed by atoms with E-state index >= 15 is 0 Å². The highest BCUT2D eigenvalue weighted by Crippen LogP contribution is 2.33. The molecule has 0 radical (unpaired) electrons. The summed E-state index contributed by atoms with van der Waals surface area (Å²) in [4.78, 5) is 35.2. The molecule has 3 heterocycles. The van der Waals surface area contributed by atoms with Crippen LogP contribution in [0.3, 0.4) is 0 Å². The van der Waals surface area contributed by atoms with Crippen molar-refractivity contribution in [2.75, 3.05) is 7.05 Å². The van der Waals surface area contributed by atoms with Gasteiger partial charge in [-0.3, -0.25) is 9.59 Å². The maximum atomic E-state index is 12.5. The number of aromatic nitrogens is 2. The van der Waals surface area contributed by atoms with Gasteiger partial charge in [0.25, 0.3) is 5.56 Å². The first kappa shape index (κ1) is 19.6. The normalized spacial score (nSPS) is 11.4. The van der Waals surface area contributed by atoms with Crippen LogP contribution in [0, 0.1) is 0 Å². The molecule has 1 aromatic carbocycles. The highest BCUT2D eigenvalue weighted by molar-refractivity contribution is 7.17. The number of benzene rings is 1. The quantitative estimate of drug-likeness (QED) is 0.441. The van der Waals surface area contributed by atoms with Crippen molar-refractivity contribution in [2.24, 2.45) is 0 Å². The standard InChI is InChI=1S/C21H16ClN3O2S2/c1-25(12-18-23-16-10-11-28-20(16)21(27)24-18)19(26)9-7-13-6-8-17(29-13)14-4-2-3-5-15(14)22/h2-11H,12H2,1H3,(H,23,24,27). The third-order valence-electron chi connectivity index (χ3n) is 4.28. The van der Waals surface area contributed by atoms with Gasteiger partial charge in [0.2, 0.25) is 5.91 Å². The fraction of sp³-hybridized carbons (Fsp3) is 0.0952. The maximum Gasteiger partial charge on any atom is 0.268 e. The van der Waals surface area contributed by atoms with Gasteiger partial charge in [-0.25, -0.2) is 4.98 Å². The Labute approximate surface area is 179 Å². The average Bonchev–Trinajstić information content (AvgIpc) is 3.36. The molecule has 0 aliphatic heterocycles. The number of H-pyrrole nitrogens is 1. The number of likely N-dealkylation sites (N-methyl/N-ethyl adjacent to an activating group) is 1. The van der Waals surface area contributed by atoms with E-state index in [1.54, 1.807) is 30.5 Å². The van der Waals surface area contributed by atoms with Crippen LogP contribution in [-0.4, -0.2) is 27.8 Å². The Morgan fingerprint density at radius 2 is 2.07 bits per heavy atom. The van der Waals surface area contributed by atoms with E-state index in [1.807, 2.05) is 41.8 Å². The first-order chi connectivity index (χ1) is 14.0. The van der Waals surface area contributed by atoms with Gasteiger partial charge in [0, 0.05) is 33.5 Å². The van der Waals surface area contributed by atoms with Crippen molar-refractivity contribution in [3.8, 4) is 10.4 Å². The summed E-state index contributed by atoms with van der Waals surface area (Å²) in [6, 6.07) is 13.4. The van der Waals surface area contributed by atoms with Crippen LogP contribution in [0.25, 0.3) is 26.7 Å². The van der Waals surface area contributed by atoms with Crippen molar-refractivity contribution >= 4 is 56.5 Å². The number of thiophene rings is 2. The zero-order valence-electron chi connectivity index (χ0n) is 15.4. The van der Waals surface area contributed by atoms with Crippen molar-refractivity contribution in [1.82, 2.24) is 14.9 Å². The van der Waals surface area contributed by atoms with Gasteiger partial charge in [0.15, 0.2) is 0 Å². The highest BCUT2D eigenvalue weighted by Gasteiger charge is 2.11. The Morgan fingerprint density at radius 3 is 2.90 bits per heavy atom. The summed E-state index contributed by atoms with van der Waals surface area (Å²) in [5, 5.41) is 2.52. The number of aromatic amines is 1. The number of carbonyl (C=O) groups excluding carboxylic acids is 1. The van der Waals surface area contributed by atoms with Crippen LogP contribution >= 0.6 is 34.3 Å². The molecule has 0 aliphatic carbocycles. The molecule has 0 saturated carbocycles. The molecule has 0 spiro atoms. The number of nitrogens with one attached hydrogen (secondary N) is 1. The van der Waals surface area contributed by atoms with Gasteiger partial charge in [-0.05, 0) is 35.7 Å². The monoisotopic (exact) mass is 441 g/mol. The molecule has 8 heteroatoms. The molecule has 0 fully saturated rings. The van der Waals surface area contributed by atoms with Crippen LogP contribution < -0.4 is 5.56 Å². The van der Waals surface area contributed by atoms with Gasteiger partial charge < -0.3 is 9.88 Å². The molecule has 0 atom stereocenters. The third kappa shape index (κ3) is 4.32. The Bertz CT molecular complexity index is 1270. The van der Waals surface area contributed by atoms with Crippen molar-refractivity contribution in [1.29, 1.82) is 0 Å². The molecule has 0 saturated heterocycles. The fourth-order valence-electron chi connectivity index (χ4n) is 2.83. The number of amides is 1. The lowest BCUT2D eigenvalue weighted by Gasteiger charge is -2.14. The second kappa shape index (κ2) is 8.32. The van der Waals surface area contributed by atoms with Crippen molar-refractivity contribution in [2.45, 2.75) is 6.54 Å². The number of hydrogen-bond acceptors (Lipinski definition) is 5. The van der Waals surface area contributed by atoms with Crippen LogP contribution in [0.5, 0.6) is 0 Å². The molecule has 0 aliphatic rings. The first-order valence-corrected chi connectivity index (χ1v) is 10.8. The number of halogens is 1. The van der Waals surface area contributed by atoms with E-state index in [0.29, 0.717) is 21.1 Å². The zero-order valence-corrected chi connectivity index (χ0v) is 17.8. The van der Waals surface area contributed by atoms with Gasteiger partial charge >= 0.3 is 0 Å². The minimum Gasteiger partial charge on any atom is -0.335 e. The van der Waals surface area contributed by atoms with Gasteiger partial charge in [0.1, 0.15) is 10.5 Å². The Hall–Kier alpha value is -2.74. The molecule has 4 rings (SSSR count). The molecule has 0 bridgehead atoms. The summed E-state index contributed by atoms with van der Waals surface area (Å²) in [6.07, 6.45) is 3.30. The minimum atomic E-state index is -0.179. The molecule has 1 amide bonds. The van der Waals surface area contributed by atoms with Crippen LogP contribution in [0.2, 0.25) is 5.02 Å². The Kier molecular flexibility index (Phi) is 5.62.